The van der Waals surface area contributed by atoms with Gasteiger partial charge >= 0.3 is 0 Å². The SMILES string of the molecule is NC(=S)c1ccccc1NC(=O)c1cnn2ccncc12. The van der Waals surface area contributed by atoms with E-state index in [0.717, 1.165) is 0 Å². The van der Waals surface area contributed by atoms with E-state index in [1.54, 1.807) is 41.3 Å². The van der Waals surface area contributed by atoms with E-state index in [9.17, 15) is 4.79 Å². The Balaban J connectivity index is 1.96. The largest absolute Gasteiger partial charge is 0.389 e. The zero-order valence-corrected chi connectivity index (χ0v) is 11.7. The summed E-state index contributed by atoms with van der Waals surface area (Å²) in [7, 11) is 0. The molecule has 21 heavy (non-hydrogen) atoms. The van der Waals surface area contributed by atoms with Crippen LogP contribution in [0.1, 0.15) is 15.9 Å². The topological polar surface area (TPSA) is 85.3 Å². The van der Waals surface area contributed by atoms with Crippen molar-refractivity contribution < 1.29 is 4.79 Å². The van der Waals surface area contributed by atoms with Gasteiger partial charge in [-0.3, -0.25) is 9.78 Å². The minimum absolute atomic E-state index is 0.229. The zero-order valence-electron chi connectivity index (χ0n) is 10.9. The van der Waals surface area contributed by atoms with Gasteiger partial charge in [-0.1, -0.05) is 24.4 Å². The van der Waals surface area contributed by atoms with E-state index < -0.39 is 0 Å². The number of nitrogens with zero attached hydrogens (tertiary/aromatic N) is 3. The van der Waals surface area contributed by atoms with Crippen LogP contribution in [0.4, 0.5) is 5.69 Å². The lowest BCUT2D eigenvalue weighted by atomic mass is 10.1. The van der Waals surface area contributed by atoms with Gasteiger partial charge in [-0.25, -0.2) is 4.52 Å². The molecule has 0 saturated carbocycles. The molecule has 3 rings (SSSR count). The molecule has 104 valence electrons. The summed E-state index contributed by atoms with van der Waals surface area (Å²) in [5.74, 6) is -0.290. The maximum atomic E-state index is 12.4. The molecule has 3 N–H and O–H groups in total. The summed E-state index contributed by atoms with van der Waals surface area (Å²) < 4.78 is 1.58. The van der Waals surface area contributed by atoms with Crippen molar-refractivity contribution in [3.63, 3.8) is 0 Å². The predicted molar refractivity (Wildman–Crippen MR) is 83.3 cm³/mol. The average Bonchev–Trinajstić information content (AvgIpc) is 2.91. The molecule has 0 saturated heterocycles. The number of nitrogens with one attached hydrogen (secondary N) is 1. The Morgan fingerprint density at radius 2 is 2.05 bits per heavy atom. The number of hydrogen-bond acceptors (Lipinski definition) is 4. The molecule has 2 heterocycles. The number of amides is 1. The Bertz CT molecular complexity index is 842. The highest BCUT2D eigenvalue weighted by atomic mass is 32.1. The summed E-state index contributed by atoms with van der Waals surface area (Å²) in [5.41, 5.74) is 7.90. The Kier molecular flexibility index (Phi) is 3.33. The van der Waals surface area contributed by atoms with Gasteiger partial charge in [-0.2, -0.15) is 5.10 Å². The number of para-hydroxylation sites is 1. The third-order valence-corrected chi connectivity index (χ3v) is 3.23. The van der Waals surface area contributed by atoms with Crippen LogP contribution in [0.2, 0.25) is 0 Å². The summed E-state index contributed by atoms with van der Waals surface area (Å²) in [6.07, 6.45) is 6.36. The molecule has 2 aromatic heterocycles. The van der Waals surface area contributed by atoms with Crippen molar-refractivity contribution in [2.75, 3.05) is 5.32 Å². The second-order valence-electron chi connectivity index (χ2n) is 4.33. The van der Waals surface area contributed by atoms with Gasteiger partial charge in [-0.05, 0) is 12.1 Å². The Hall–Kier alpha value is -2.80. The van der Waals surface area contributed by atoms with Crippen LogP contribution in [-0.2, 0) is 0 Å². The molecule has 3 aromatic rings. The smallest absolute Gasteiger partial charge is 0.259 e. The van der Waals surface area contributed by atoms with Gasteiger partial charge in [0.2, 0.25) is 0 Å². The minimum Gasteiger partial charge on any atom is -0.389 e. The average molecular weight is 297 g/mol. The van der Waals surface area contributed by atoms with Gasteiger partial charge in [-0.15, -0.1) is 0 Å². The van der Waals surface area contributed by atoms with E-state index in [1.165, 1.54) is 6.20 Å². The fourth-order valence-electron chi connectivity index (χ4n) is 2.01. The molecule has 1 amide bonds. The lowest BCUT2D eigenvalue weighted by Crippen LogP contribution is -2.17. The van der Waals surface area contributed by atoms with E-state index in [-0.39, 0.29) is 10.9 Å². The van der Waals surface area contributed by atoms with Crippen molar-refractivity contribution >= 4 is 34.3 Å². The molecule has 0 atom stereocenters. The van der Waals surface area contributed by atoms with Crippen LogP contribution in [0.15, 0.2) is 49.1 Å². The number of carbonyl (C=O) groups excluding carboxylic acids is 1. The lowest BCUT2D eigenvalue weighted by molar-refractivity contribution is 0.102. The van der Waals surface area contributed by atoms with Gasteiger partial charge in [0.1, 0.15) is 4.99 Å². The van der Waals surface area contributed by atoms with Crippen LogP contribution in [0.5, 0.6) is 0 Å². The Morgan fingerprint density at radius 1 is 1.24 bits per heavy atom. The fraction of sp³-hybridized carbons (Fsp3) is 0. The molecular formula is C14H11N5OS. The van der Waals surface area contributed by atoms with E-state index >= 15 is 0 Å². The van der Waals surface area contributed by atoms with E-state index in [4.69, 9.17) is 18.0 Å². The molecule has 0 radical (unpaired) electrons. The van der Waals surface area contributed by atoms with E-state index in [2.05, 4.69) is 15.4 Å². The number of fused-ring (bicyclic) bond motifs is 1. The van der Waals surface area contributed by atoms with Gasteiger partial charge in [0.05, 0.1) is 29.2 Å². The molecule has 0 spiro atoms. The van der Waals surface area contributed by atoms with Crippen molar-refractivity contribution in [2.45, 2.75) is 0 Å². The molecular weight excluding hydrogens is 286 g/mol. The maximum absolute atomic E-state index is 12.4. The van der Waals surface area contributed by atoms with Crippen LogP contribution in [0, 0.1) is 0 Å². The highest BCUT2D eigenvalue weighted by Gasteiger charge is 2.14. The van der Waals surface area contributed by atoms with Crippen LogP contribution in [-0.4, -0.2) is 25.5 Å². The fourth-order valence-corrected chi connectivity index (χ4v) is 2.18. The molecule has 0 fully saturated rings. The first-order chi connectivity index (χ1) is 10.2. The number of aromatic nitrogens is 3. The molecule has 0 aliphatic carbocycles. The second kappa shape index (κ2) is 5.29. The van der Waals surface area contributed by atoms with Crippen LogP contribution >= 0.6 is 12.2 Å². The van der Waals surface area contributed by atoms with Crippen molar-refractivity contribution in [3.05, 3.63) is 60.2 Å². The third kappa shape index (κ3) is 2.46. The summed E-state index contributed by atoms with van der Waals surface area (Å²) in [5, 5.41) is 6.90. The van der Waals surface area contributed by atoms with Crippen LogP contribution in [0.25, 0.3) is 5.52 Å². The Morgan fingerprint density at radius 3 is 2.86 bits per heavy atom. The molecule has 0 bridgehead atoms. The first-order valence-electron chi connectivity index (χ1n) is 6.14. The first kappa shape index (κ1) is 13.2. The zero-order chi connectivity index (χ0) is 14.8. The predicted octanol–water partition coefficient (Wildman–Crippen LogP) is 1.62. The van der Waals surface area contributed by atoms with Gasteiger partial charge in [0.25, 0.3) is 5.91 Å². The lowest BCUT2D eigenvalue weighted by Gasteiger charge is -2.09. The van der Waals surface area contributed by atoms with Crippen molar-refractivity contribution in [1.82, 2.24) is 14.6 Å². The van der Waals surface area contributed by atoms with Crippen LogP contribution < -0.4 is 11.1 Å². The molecule has 0 unspecified atom stereocenters. The maximum Gasteiger partial charge on any atom is 0.259 e. The first-order valence-corrected chi connectivity index (χ1v) is 6.55. The van der Waals surface area contributed by atoms with E-state index in [1.807, 2.05) is 6.07 Å². The number of carbonyl (C=O) groups is 1. The van der Waals surface area contributed by atoms with Gasteiger partial charge in [0, 0.05) is 18.0 Å². The molecule has 7 heteroatoms. The summed E-state index contributed by atoms with van der Waals surface area (Å²) in [6, 6.07) is 7.12. The van der Waals surface area contributed by atoms with Gasteiger partial charge in [0.15, 0.2) is 0 Å². The number of nitrogens with two attached hydrogens (primary N) is 1. The van der Waals surface area contributed by atoms with Crippen LogP contribution in [0.3, 0.4) is 0 Å². The number of thiocarbonyl (C=S) groups is 1. The summed E-state index contributed by atoms with van der Waals surface area (Å²) in [6.45, 7) is 0. The number of benzene rings is 1. The van der Waals surface area contributed by atoms with E-state index in [0.29, 0.717) is 22.3 Å². The normalized spacial score (nSPS) is 10.5. The summed E-state index contributed by atoms with van der Waals surface area (Å²) in [4.78, 5) is 16.6. The number of anilines is 1. The summed E-state index contributed by atoms with van der Waals surface area (Å²) >= 11 is 4.98. The van der Waals surface area contributed by atoms with Crippen molar-refractivity contribution in [2.24, 2.45) is 5.73 Å². The van der Waals surface area contributed by atoms with Crippen molar-refractivity contribution in [3.8, 4) is 0 Å². The molecule has 1 aromatic carbocycles. The molecule has 6 nitrogen and oxygen atoms in total. The third-order valence-electron chi connectivity index (χ3n) is 3.01. The second-order valence-corrected chi connectivity index (χ2v) is 4.77. The Labute approximate surface area is 125 Å². The standard InChI is InChI=1S/C14H11N5OS/c15-13(21)9-3-1-2-4-11(9)18-14(20)10-7-17-19-6-5-16-8-12(10)19/h1-8H,(H2,15,21)(H,18,20). The highest BCUT2D eigenvalue weighted by molar-refractivity contribution is 7.80. The quantitative estimate of drug-likeness (QED) is 0.717. The minimum atomic E-state index is -0.290. The van der Waals surface area contributed by atoms with Gasteiger partial charge < -0.3 is 11.1 Å². The number of hydrogen-bond donors (Lipinski definition) is 2. The monoisotopic (exact) mass is 297 g/mol. The highest BCUT2D eigenvalue weighted by Crippen LogP contribution is 2.17. The molecule has 0 aliphatic heterocycles. The van der Waals surface area contributed by atoms with Crippen molar-refractivity contribution in [1.29, 1.82) is 0 Å². The molecule has 0 aliphatic rings. The number of rotatable bonds is 3.